The Morgan fingerprint density at radius 1 is 1.27 bits per heavy atom. The highest BCUT2D eigenvalue weighted by atomic mass is 32.1. The minimum Gasteiger partial charge on any atom is -0.497 e. The van der Waals surface area contributed by atoms with E-state index in [1.54, 1.807) is 24.3 Å². The maximum atomic E-state index is 12.5. The first-order chi connectivity index (χ1) is 16.0. The lowest BCUT2D eigenvalue weighted by Gasteiger charge is -2.03. The summed E-state index contributed by atoms with van der Waals surface area (Å²) >= 11 is 1.08. The Bertz CT molecular complexity index is 1400. The molecule has 4 aromatic rings. The van der Waals surface area contributed by atoms with E-state index in [-0.39, 0.29) is 33.5 Å². The zero-order valence-corrected chi connectivity index (χ0v) is 17.7. The van der Waals surface area contributed by atoms with Gasteiger partial charge in [-0.25, -0.2) is 0 Å². The number of hydrogen-bond donors (Lipinski definition) is 1. The normalized spacial score (nSPS) is 11.1. The van der Waals surface area contributed by atoms with Crippen molar-refractivity contribution in [2.75, 3.05) is 12.4 Å². The first-order valence-electron chi connectivity index (χ1n) is 9.21. The zero-order chi connectivity index (χ0) is 23.4. The second-order valence-corrected chi connectivity index (χ2v) is 7.33. The van der Waals surface area contributed by atoms with Gasteiger partial charge in [-0.2, -0.15) is 5.26 Å². The predicted octanol–water partition coefficient (Wildman–Crippen LogP) is 4.52. The van der Waals surface area contributed by atoms with E-state index in [9.17, 15) is 20.2 Å². The smallest absolute Gasteiger partial charge is 0.284 e. The van der Waals surface area contributed by atoms with E-state index in [0.29, 0.717) is 16.5 Å². The van der Waals surface area contributed by atoms with Crippen molar-refractivity contribution in [2.24, 2.45) is 0 Å². The number of furan rings is 2. The summed E-state index contributed by atoms with van der Waals surface area (Å²) in [4.78, 5) is 23.4. The third kappa shape index (κ3) is 4.63. The molecule has 4 rings (SSSR count). The summed E-state index contributed by atoms with van der Waals surface area (Å²) in [5.74, 6) is 0.469. The number of nitro benzene ring substituents is 1. The van der Waals surface area contributed by atoms with Gasteiger partial charge in [0.25, 0.3) is 11.6 Å². The lowest BCUT2D eigenvalue weighted by molar-refractivity contribution is -0.384. The third-order valence-corrected chi connectivity index (χ3v) is 5.18. The van der Waals surface area contributed by atoms with Crippen LogP contribution < -0.4 is 10.1 Å². The number of nitriles is 1. The van der Waals surface area contributed by atoms with Crippen molar-refractivity contribution in [3.8, 4) is 33.9 Å². The zero-order valence-electron chi connectivity index (χ0n) is 16.8. The second-order valence-electron chi connectivity index (χ2n) is 6.36. The van der Waals surface area contributed by atoms with Crippen LogP contribution in [0.15, 0.2) is 63.1 Å². The molecule has 12 heteroatoms. The van der Waals surface area contributed by atoms with E-state index in [2.05, 4.69) is 15.5 Å². The molecule has 0 aliphatic rings. The first-order valence-corrected chi connectivity index (χ1v) is 10.0. The van der Waals surface area contributed by atoms with Gasteiger partial charge in [0, 0.05) is 6.08 Å². The lowest BCUT2D eigenvalue weighted by atomic mass is 10.1. The SMILES string of the molecule is COc1ccc(-c2ccc(/C=C(/C#N)C(=O)Nc3nnc(-c4ccco4)s3)o2)c([N+](=O)[O-])c1. The standard InChI is InChI=1S/C21H13N5O6S/c1-30-13-4-6-15(16(10-13)26(28)29)17-7-5-14(32-17)9-12(11-22)19(27)23-21-25-24-20(33-21)18-3-2-8-31-18/h2-10H,1H3,(H,23,25,27)/b12-9-. The number of nitro groups is 1. The fraction of sp³-hybridized carbons (Fsp3) is 0.0476. The number of benzene rings is 1. The Hall–Kier alpha value is -4.76. The average Bonchev–Trinajstić information content (AvgIpc) is 3.58. The van der Waals surface area contributed by atoms with Gasteiger partial charge in [-0.05, 0) is 36.4 Å². The van der Waals surface area contributed by atoms with Crippen LogP contribution in [0.5, 0.6) is 5.75 Å². The molecule has 0 atom stereocenters. The number of nitrogens with one attached hydrogen (secondary N) is 1. The largest absolute Gasteiger partial charge is 0.497 e. The number of carbonyl (C=O) groups excluding carboxylic acids is 1. The number of rotatable bonds is 7. The predicted molar refractivity (Wildman–Crippen MR) is 117 cm³/mol. The highest BCUT2D eigenvalue weighted by molar-refractivity contribution is 7.18. The van der Waals surface area contributed by atoms with Crippen LogP contribution in [0, 0.1) is 21.4 Å². The molecule has 1 aromatic carbocycles. The molecule has 0 unspecified atom stereocenters. The average molecular weight is 463 g/mol. The highest BCUT2D eigenvalue weighted by Gasteiger charge is 2.20. The fourth-order valence-corrected chi connectivity index (χ4v) is 3.51. The molecule has 0 bridgehead atoms. The molecule has 164 valence electrons. The molecule has 11 nitrogen and oxygen atoms in total. The van der Waals surface area contributed by atoms with Crippen molar-refractivity contribution in [3.63, 3.8) is 0 Å². The summed E-state index contributed by atoms with van der Waals surface area (Å²) in [6, 6.07) is 12.5. The molecular weight excluding hydrogens is 450 g/mol. The lowest BCUT2D eigenvalue weighted by Crippen LogP contribution is -2.13. The fourth-order valence-electron chi connectivity index (χ4n) is 2.80. The monoisotopic (exact) mass is 463 g/mol. The van der Waals surface area contributed by atoms with Crippen molar-refractivity contribution in [3.05, 3.63) is 70.2 Å². The summed E-state index contributed by atoms with van der Waals surface area (Å²) in [5, 5.41) is 31.8. The van der Waals surface area contributed by atoms with Crippen LogP contribution >= 0.6 is 11.3 Å². The van der Waals surface area contributed by atoms with Gasteiger partial charge in [-0.1, -0.05) is 11.3 Å². The molecule has 0 aliphatic heterocycles. The molecule has 1 N–H and O–H groups in total. The van der Waals surface area contributed by atoms with Gasteiger partial charge in [0.05, 0.1) is 29.9 Å². The van der Waals surface area contributed by atoms with Crippen molar-refractivity contribution in [1.29, 1.82) is 5.26 Å². The van der Waals surface area contributed by atoms with Crippen molar-refractivity contribution in [1.82, 2.24) is 10.2 Å². The quantitative estimate of drug-likeness (QED) is 0.180. The number of methoxy groups -OCH3 is 1. The van der Waals surface area contributed by atoms with E-state index in [4.69, 9.17) is 13.6 Å². The van der Waals surface area contributed by atoms with Crippen molar-refractivity contribution >= 4 is 34.1 Å². The van der Waals surface area contributed by atoms with E-state index in [1.807, 2.05) is 0 Å². The van der Waals surface area contributed by atoms with Crippen molar-refractivity contribution < 1.29 is 23.3 Å². The number of hydrogen-bond acceptors (Lipinski definition) is 10. The molecule has 33 heavy (non-hydrogen) atoms. The number of aromatic nitrogens is 2. The van der Waals surface area contributed by atoms with Crippen LogP contribution in [0.4, 0.5) is 10.8 Å². The molecule has 0 saturated heterocycles. The van der Waals surface area contributed by atoms with Crippen molar-refractivity contribution in [2.45, 2.75) is 0 Å². The minimum atomic E-state index is -0.715. The second kappa shape index (κ2) is 9.16. The molecular formula is C21H13N5O6S. The van der Waals surface area contributed by atoms with Crippen LogP contribution in [-0.2, 0) is 4.79 Å². The molecule has 0 fully saturated rings. The number of nitrogens with zero attached hydrogens (tertiary/aromatic N) is 4. The first kappa shape index (κ1) is 21.5. The molecule has 3 heterocycles. The van der Waals surface area contributed by atoms with Gasteiger partial charge in [0.15, 0.2) is 10.8 Å². The summed E-state index contributed by atoms with van der Waals surface area (Å²) < 4.78 is 15.9. The van der Waals surface area contributed by atoms with Gasteiger partial charge in [-0.15, -0.1) is 10.2 Å². The van der Waals surface area contributed by atoms with Crippen LogP contribution in [-0.4, -0.2) is 28.1 Å². The van der Waals surface area contributed by atoms with Crippen LogP contribution in [0.2, 0.25) is 0 Å². The van der Waals surface area contributed by atoms with Gasteiger partial charge in [-0.3, -0.25) is 20.2 Å². The van der Waals surface area contributed by atoms with E-state index >= 15 is 0 Å². The summed E-state index contributed by atoms with van der Waals surface area (Å²) in [6.45, 7) is 0. The summed E-state index contributed by atoms with van der Waals surface area (Å²) in [7, 11) is 1.41. The molecule has 3 aromatic heterocycles. The minimum absolute atomic E-state index is 0.162. The van der Waals surface area contributed by atoms with E-state index in [0.717, 1.165) is 11.3 Å². The molecule has 0 radical (unpaired) electrons. The summed E-state index contributed by atoms with van der Waals surface area (Å²) in [5.41, 5.74) is -0.237. The highest BCUT2D eigenvalue weighted by Crippen LogP contribution is 2.34. The van der Waals surface area contributed by atoms with Crippen LogP contribution in [0.25, 0.3) is 28.2 Å². The number of carbonyl (C=O) groups is 1. The number of ether oxygens (including phenoxy) is 1. The van der Waals surface area contributed by atoms with E-state index < -0.39 is 10.8 Å². The molecule has 1 amide bonds. The Morgan fingerprint density at radius 3 is 2.82 bits per heavy atom. The molecule has 0 spiro atoms. The molecule has 0 saturated carbocycles. The summed E-state index contributed by atoms with van der Waals surface area (Å²) in [6.07, 6.45) is 2.71. The van der Waals surface area contributed by atoms with Crippen LogP contribution in [0.1, 0.15) is 5.76 Å². The van der Waals surface area contributed by atoms with Gasteiger partial charge in [0.1, 0.15) is 28.9 Å². The third-order valence-electron chi connectivity index (χ3n) is 4.32. The van der Waals surface area contributed by atoms with Crippen LogP contribution in [0.3, 0.4) is 0 Å². The Labute approximate surface area is 189 Å². The van der Waals surface area contributed by atoms with Gasteiger partial charge >= 0.3 is 0 Å². The Kier molecular flexibility index (Phi) is 5.96. The topological polar surface area (TPSA) is 157 Å². The maximum absolute atomic E-state index is 12.5. The Morgan fingerprint density at radius 2 is 2.12 bits per heavy atom. The van der Waals surface area contributed by atoms with Gasteiger partial charge in [0.2, 0.25) is 5.13 Å². The number of anilines is 1. The molecule has 0 aliphatic carbocycles. The number of amides is 1. The maximum Gasteiger partial charge on any atom is 0.284 e. The van der Waals surface area contributed by atoms with E-state index in [1.165, 1.54) is 43.7 Å². The Balaban J connectivity index is 1.55. The van der Waals surface area contributed by atoms with Gasteiger partial charge < -0.3 is 13.6 Å².